The summed E-state index contributed by atoms with van der Waals surface area (Å²) in [4.78, 5) is 23.6. The Labute approximate surface area is 204 Å². The second kappa shape index (κ2) is 9.61. The van der Waals surface area contributed by atoms with E-state index in [1.165, 1.54) is 28.8 Å². The maximum absolute atomic E-state index is 13.2. The van der Waals surface area contributed by atoms with E-state index in [1.807, 2.05) is 0 Å². The van der Waals surface area contributed by atoms with Crippen molar-refractivity contribution in [1.82, 2.24) is 24.8 Å². The maximum Gasteiger partial charge on any atom is 0.451 e. The van der Waals surface area contributed by atoms with E-state index in [9.17, 15) is 26.4 Å². The lowest BCUT2D eigenvalue weighted by Crippen LogP contribution is -2.42. The third-order valence-electron chi connectivity index (χ3n) is 4.64. The second-order valence-electron chi connectivity index (χ2n) is 8.62. The molecule has 9 nitrogen and oxygen atoms in total. The Hall–Kier alpha value is -2.93. The number of alkyl carbamates (subject to hydrolysis) is 1. The number of sulfone groups is 1. The first kappa shape index (κ1) is 26.7. The fourth-order valence-corrected chi connectivity index (χ4v) is 4.68. The van der Waals surface area contributed by atoms with Gasteiger partial charge < -0.3 is 14.6 Å². The molecule has 0 aliphatic rings. The number of alkyl halides is 3. The topological polar surface area (TPSA) is 116 Å². The van der Waals surface area contributed by atoms with Crippen LogP contribution in [0.4, 0.5) is 18.0 Å². The summed E-state index contributed by atoms with van der Waals surface area (Å²) < 4.78 is 72.5. The summed E-state index contributed by atoms with van der Waals surface area (Å²) in [5, 5.41) is 2.89. The highest BCUT2D eigenvalue weighted by atomic mass is 35.5. The summed E-state index contributed by atoms with van der Waals surface area (Å²) >= 11 is 5.84. The number of imidazole rings is 1. The van der Waals surface area contributed by atoms with E-state index in [0.29, 0.717) is 5.02 Å². The zero-order valence-electron chi connectivity index (χ0n) is 19.2. The summed E-state index contributed by atoms with van der Waals surface area (Å²) in [5.74, 6) is -2.18. The van der Waals surface area contributed by atoms with Gasteiger partial charge in [0.05, 0.1) is 16.8 Å². The van der Waals surface area contributed by atoms with Crippen LogP contribution in [0, 0.1) is 0 Å². The summed E-state index contributed by atoms with van der Waals surface area (Å²) in [6.07, 6.45) is -6.30. The quantitative estimate of drug-likeness (QED) is 0.494. The number of ether oxygens (including phenoxy) is 1. The molecule has 2 heterocycles. The molecule has 35 heavy (non-hydrogen) atoms. The van der Waals surface area contributed by atoms with E-state index < -0.39 is 45.3 Å². The molecule has 0 aliphatic carbocycles. The van der Waals surface area contributed by atoms with Crippen molar-refractivity contribution < 1.29 is 31.1 Å². The number of hydrogen-bond acceptors (Lipinski definition) is 7. The number of halogens is 4. The Bertz CT molecular complexity index is 1340. The molecular weight excluding hydrogens is 511 g/mol. The minimum Gasteiger partial charge on any atom is -0.437 e. The van der Waals surface area contributed by atoms with E-state index >= 15 is 0 Å². The Morgan fingerprint density at radius 2 is 1.80 bits per heavy atom. The van der Waals surface area contributed by atoms with Gasteiger partial charge in [0.1, 0.15) is 5.52 Å². The fraction of sp³-hybridized carbons (Fsp3) is 0.429. The molecule has 0 spiro atoms. The predicted molar refractivity (Wildman–Crippen MR) is 122 cm³/mol. The van der Waals surface area contributed by atoms with Crippen LogP contribution in [0.1, 0.15) is 45.4 Å². The van der Waals surface area contributed by atoms with Gasteiger partial charge >= 0.3 is 12.3 Å². The zero-order chi connectivity index (χ0) is 26.2. The summed E-state index contributed by atoms with van der Waals surface area (Å²) in [7, 11) is -4.04. The van der Waals surface area contributed by atoms with E-state index in [4.69, 9.17) is 16.3 Å². The molecule has 1 aromatic carbocycles. The first-order valence-corrected chi connectivity index (χ1v) is 12.4. The van der Waals surface area contributed by atoms with Crippen LogP contribution in [0.5, 0.6) is 0 Å². The van der Waals surface area contributed by atoms with Crippen LogP contribution >= 0.6 is 11.6 Å². The largest absolute Gasteiger partial charge is 0.451 e. The third-order valence-corrected chi connectivity index (χ3v) is 6.63. The minimum atomic E-state index is -4.79. The van der Waals surface area contributed by atoms with Gasteiger partial charge in [0, 0.05) is 17.1 Å². The molecule has 0 saturated carbocycles. The number of fused-ring (bicyclic) bond motifs is 1. The molecule has 0 bridgehead atoms. The fourth-order valence-electron chi connectivity index (χ4n) is 3.19. The van der Waals surface area contributed by atoms with Gasteiger partial charge in [0.2, 0.25) is 5.82 Å². The molecule has 1 unspecified atom stereocenters. The van der Waals surface area contributed by atoms with Crippen molar-refractivity contribution in [2.75, 3.05) is 5.75 Å². The highest BCUT2D eigenvalue weighted by Gasteiger charge is 2.36. The Morgan fingerprint density at radius 3 is 2.34 bits per heavy atom. The van der Waals surface area contributed by atoms with Crippen molar-refractivity contribution in [3.05, 3.63) is 47.1 Å². The van der Waals surface area contributed by atoms with E-state index in [2.05, 4.69) is 20.3 Å². The molecule has 0 aliphatic heterocycles. The standard InChI is InChI=1S/C21H23ClF3N5O4S/c1-5-30-16-14(10-26-18(28-16)21(23,24)25)27-17(30)15(34-19(31)29-20(2,3)4)11-35(32,33)13-8-6-12(22)7-9-13/h6-10,15H,5,11H2,1-4H3,(H,29,31). The number of carbonyl (C=O) groups is 1. The molecule has 1 N–H and O–H groups in total. The average molecular weight is 534 g/mol. The Morgan fingerprint density at radius 1 is 1.17 bits per heavy atom. The highest BCUT2D eigenvalue weighted by molar-refractivity contribution is 7.91. The van der Waals surface area contributed by atoms with Crippen molar-refractivity contribution in [3.63, 3.8) is 0 Å². The van der Waals surface area contributed by atoms with Crippen LogP contribution < -0.4 is 5.32 Å². The molecule has 3 rings (SSSR count). The van der Waals surface area contributed by atoms with Crippen molar-refractivity contribution in [2.45, 2.75) is 57.0 Å². The van der Waals surface area contributed by atoms with Gasteiger partial charge in [-0.15, -0.1) is 0 Å². The number of aryl methyl sites for hydroxylation is 1. The van der Waals surface area contributed by atoms with Crippen molar-refractivity contribution >= 4 is 38.7 Å². The first-order valence-electron chi connectivity index (χ1n) is 10.4. The first-order chi connectivity index (χ1) is 16.1. The van der Waals surface area contributed by atoms with Crippen LogP contribution in [-0.4, -0.2) is 45.3 Å². The lowest BCUT2D eigenvalue weighted by molar-refractivity contribution is -0.144. The maximum atomic E-state index is 13.2. The van der Waals surface area contributed by atoms with E-state index in [1.54, 1.807) is 27.7 Å². The normalized spacial score (nSPS) is 13.6. The van der Waals surface area contributed by atoms with Gasteiger partial charge in [-0.2, -0.15) is 13.2 Å². The van der Waals surface area contributed by atoms with Crippen molar-refractivity contribution in [3.8, 4) is 0 Å². The predicted octanol–water partition coefficient (Wildman–Crippen LogP) is 4.56. The molecular formula is C21H23ClF3N5O4S. The molecule has 0 fully saturated rings. The van der Waals surface area contributed by atoms with Crippen molar-refractivity contribution in [2.24, 2.45) is 0 Å². The molecule has 3 aromatic rings. The highest BCUT2D eigenvalue weighted by Crippen LogP contribution is 2.30. The van der Waals surface area contributed by atoms with Gasteiger partial charge in [0.15, 0.2) is 27.4 Å². The average Bonchev–Trinajstić information content (AvgIpc) is 3.09. The summed E-state index contributed by atoms with van der Waals surface area (Å²) in [6, 6.07) is 5.39. The number of benzene rings is 1. The number of nitrogens with one attached hydrogen (secondary N) is 1. The number of carbonyl (C=O) groups excluding carboxylic acids is 1. The summed E-state index contributed by atoms with van der Waals surface area (Å²) in [6.45, 7) is 6.78. The van der Waals surface area contributed by atoms with Crippen LogP contribution in [0.3, 0.4) is 0 Å². The molecule has 190 valence electrons. The molecule has 2 aromatic heterocycles. The van der Waals surface area contributed by atoms with Crippen LogP contribution in [0.25, 0.3) is 11.2 Å². The second-order valence-corrected chi connectivity index (χ2v) is 11.1. The number of rotatable bonds is 6. The SMILES string of the molecule is CCn1c(C(CS(=O)(=O)c2ccc(Cl)cc2)OC(=O)NC(C)(C)C)nc2cnc(C(F)(F)F)nc21. The van der Waals surface area contributed by atoms with Gasteiger partial charge in [-0.3, -0.25) is 0 Å². The van der Waals surface area contributed by atoms with Crippen LogP contribution in [0.2, 0.25) is 5.02 Å². The Balaban J connectivity index is 2.10. The molecule has 1 amide bonds. The monoisotopic (exact) mass is 533 g/mol. The number of aromatic nitrogens is 4. The van der Waals surface area contributed by atoms with Gasteiger partial charge in [-0.05, 0) is 52.0 Å². The van der Waals surface area contributed by atoms with Gasteiger partial charge in [0.25, 0.3) is 0 Å². The Kier molecular flexibility index (Phi) is 7.32. The van der Waals surface area contributed by atoms with Gasteiger partial charge in [-0.1, -0.05) is 11.6 Å². The smallest absolute Gasteiger partial charge is 0.437 e. The molecule has 0 saturated heterocycles. The number of amides is 1. The summed E-state index contributed by atoms with van der Waals surface area (Å²) in [5.41, 5.74) is -0.878. The molecule has 1 atom stereocenters. The van der Waals surface area contributed by atoms with Crippen molar-refractivity contribution in [1.29, 1.82) is 0 Å². The minimum absolute atomic E-state index is 0.0106. The van der Waals surface area contributed by atoms with Crippen LogP contribution in [0.15, 0.2) is 35.4 Å². The lowest BCUT2D eigenvalue weighted by Gasteiger charge is -2.24. The molecule has 14 heteroatoms. The van der Waals surface area contributed by atoms with Gasteiger partial charge in [-0.25, -0.2) is 28.2 Å². The van der Waals surface area contributed by atoms with Crippen LogP contribution in [-0.2, 0) is 27.3 Å². The lowest BCUT2D eigenvalue weighted by atomic mass is 10.1. The molecule has 0 radical (unpaired) electrons. The zero-order valence-corrected chi connectivity index (χ0v) is 20.8. The van der Waals surface area contributed by atoms with E-state index in [-0.39, 0.29) is 28.4 Å². The number of nitrogens with zero attached hydrogens (tertiary/aromatic N) is 4. The van der Waals surface area contributed by atoms with E-state index in [0.717, 1.165) is 6.20 Å². The number of hydrogen-bond donors (Lipinski definition) is 1. The third kappa shape index (κ3) is 6.40.